The van der Waals surface area contributed by atoms with Crippen LogP contribution in [0.5, 0.6) is 0 Å². The Morgan fingerprint density at radius 3 is 2.15 bits per heavy atom. The molecule has 20 heavy (non-hydrogen) atoms. The van der Waals surface area contributed by atoms with Crippen molar-refractivity contribution in [1.29, 1.82) is 0 Å². The van der Waals surface area contributed by atoms with E-state index in [0.29, 0.717) is 6.61 Å². The van der Waals surface area contributed by atoms with Crippen LogP contribution >= 0.6 is 0 Å². The van der Waals surface area contributed by atoms with Gasteiger partial charge in [0.05, 0.1) is 12.7 Å². The smallest absolute Gasteiger partial charge is 0.349 e. The van der Waals surface area contributed by atoms with Crippen molar-refractivity contribution in [1.82, 2.24) is 0 Å². The lowest BCUT2D eigenvalue weighted by Gasteiger charge is -2.54. The van der Waals surface area contributed by atoms with Gasteiger partial charge in [0.15, 0.2) is 6.29 Å². The molecule has 4 nitrogen and oxygen atoms in total. The molecule has 0 aromatic carbocycles. The summed E-state index contributed by atoms with van der Waals surface area (Å²) in [6, 6.07) is 0. The molecular weight excluding hydrogens is 272 g/mol. The Kier molecular flexibility index (Phi) is 4.21. The van der Waals surface area contributed by atoms with Crippen LogP contribution in [0, 0.1) is 0 Å². The van der Waals surface area contributed by atoms with E-state index in [1.54, 1.807) is 7.11 Å². The molecule has 0 aromatic rings. The largest absolute Gasteiger partial charge is 0.391 e. The Morgan fingerprint density at radius 2 is 1.65 bits per heavy atom. The lowest BCUT2D eigenvalue weighted by molar-refractivity contribution is -0.184. The van der Waals surface area contributed by atoms with Gasteiger partial charge >= 0.3 is 8.56 Å². The van der Waals surface area contributed by atoms with Gasteiger partial charge in [-0.2, -0.15) is 0 Å². The predicted molar refractivity (Wildman–Crippen MR) is 80.8 cm³/mol. The summed E-state index contributed by atoms with van der Waals surface area (Å²) in [5, 5.41) is 0.00430. The summed E-state index contributed by atoms with van der Waals surface area (Å²) in [6.45, 7) is 13.9. The van der Waals surface area contributed by atoms with Gasteiger partial charge in [-0.3, -0.25) is 0 Å². The lowest BCUT2D eigenvalue weighted by Crippen LogP contribution is -2.65. The molecule has 0 bridgehead atoms. The third kappa shape index (κ3) is 2.62. The van der Waals surface area contributed by atoms with Crippen molar-refractivity contribution in [2.45, 2.75) is 70.1 Å². The van der Waals surface area contributed by atoms with Crippen molar-refractivity contribution in [3.8, 4) is 0 Å². The SMILES string of the molecule is CO[C@@H]1C=C[C@H]2O[Si](C(C)(C)C)(C(C)(C)C)OC[C@H]2O1. The number of hydrogen-bond donors (Lipinski definition) is 0. The minimum absolute atomic E-state index is 0.00215. The van der Waals surface area contributed by atoms with Crippen LogP contribution in [0.25, 0.3) is 0 Å². The van der Waals surface area contributed by atoms with Gasteiger partial charge in [0.1, 0.15) is 6.10 Å². The molecule has 0 saturated carbocycles. The van der Waals surface area contributed by atoms with Crippen LogP contribution in [0.15, 0.2) is 12.2 Å². The molecule has 0 radical (unpaired) electrons. The minimum atomic E-state index is -2.40. The summed E-state index contributed by atoms with van der Waals surface area (Å²) in [6.07, 6.45) is 3.61. The molecular formula is C15H28O4Si. The topological polar surface area (TPSA) is 36.9 Å². The summed E-state index contributed by atoms with van der Waals surface area (Å²) in [7, 11) is -0.756. The van der Waals surface area contributed by atoms with Crippen LogP contribution in [-0.2, 0) is 18.3 Å². The normalized spacial score (nSPS) is 33.9. The highest BCUT2D eigenvalue weighted by Crippen LogP contribution is 2.54. The molecule has 2 aliphatic rings. The summed E-state index contributed by atoms with van der Waals surface area (Å²) in [4.78, 5) is 0. The fourth-order valence-corrected chi connectivity index (χ4v) is 8.24. The number of hydrogen-bond acceptors (Lipinski definition) is 4. The molecule has 0 unspecified atom stereocenters. The van der Waals surface area contributed by atoms with Crippen LogP contribution in [0.2, 0.25) is 10.1 Å². The second-order valence-electron chi connectivity index (χ2n) is 7.67. The summed E-state index contributed by atoms with van der Waals surface area (Å²) in [5.74, 6) is 0. The maximum atomic E-state index is 6.55. The summed E-state index contributed by atoms with van der Waals surface area (Å²) >= 11 is 0. The van der Waals surface area contributed by atoms with Crippen LogP contribution in [0.3, 0.4) is 0 Å². The maximum Gasteiger partial charge on any atom is 0.349 e. The molecule has 1 saturated heterocycles. The molecule has 0 spiro atoms. The first-order valence-electron chi connectivity index (χ1n) is 7.29. The van der Waals surface area contributed by atoms with Gasteiger partial charge in [-0.1, -0.05) is 47.6 Å². The summed E-state index contributed by atoms with van der Waals surface area (Å²) in [5.41, 5.74) is 0. The minimum Gasteiger partial charge on any atom is -0.391 e. The van der Waals surface area contributed by atoms with Gasteiger partial charge in [0, 0.05) is 17.2 Å². The van der Waals surface area contributed by atoms with Crippen LogP contribution in [-0.4, -0.2) is 40.8 Å². The van der Waals surface area contributed by atoms with E-state index in [9.17, 15) is 0 Å². The third-order valence-corrected chi connectivity index (χ3v) is 9.22. The van der Waals surface area contributed by atoms with E-state index in [-0.39, 0.29) is 28.6 Å². The van der Waals surface area contributed by atoms with E-state index in [4.69, 9.17) is 18.3 Å². The zero-order valence-corrected chi connectivity index (χ0v) is 14.7. The standard InChI is InChI=1S/C15H28O4Si/c1-14(2,3)20(15(4,5)6)17-10-12-11(19-20)8-9-13(16-7)18-12/h8-9,11-13H,10H2,1-7H3/t11-,12-,13+/m1/s1. The Morgan fingerprint density at radius 1 is 1.05 bits per heavy atom. The summed E-state index contributed by atoms with van der Waals surface area (Å²) < 4.78 is 23.9. The average molecular weight is 300 g/mol. The van der Waals surface area contributed by atoms with Gasteiger partial charge in [0.25, 0.3) is 0 Å². The molecule has 2 heterocycles. The number of fused-ring (bicyclic) bond motifs is 1. The highest BCUT2D eigenvalue weighted by molar-refractivity contribution is 6.73. The van der Waals surface area contributed by atoms with Crippen molar-refractivity contribution >= 4 is 8.56 Å². The van der Waals surface area contributed by atoms with Gasteiger partial charge in [0.2, 0.25) is 0 Å². The third-order valence-electron chi connectivity index (χ3n) is 4.09. The van der Waals surface area contributed by atoms with E-state index in [1.165, 1.54) is 0 Å². The van der Waals surface area contributed by atoms with Crippen LogP contribution in [0.4, 0.5) is 0 Å². The number of methoxy groups -OCH3 is 1. The molecule has 2 aliphatic heterocycles. The Labute approximate surface area is 123 Å². The Balaban J connectivity index is 2.28. The Bertz CT molecular complexity index is 366. The van der Waals surface area contributed by atoms with Gasteiger partial charge in [-0.05, 0) is 6.08 Å². The molecule has 0 aliphatic carbocycles. The maximum absolute atomic E-state index is 6.55. The first-order chi connectivity index (χ1) is 9.11. The number of ether oxygens (including phenoxy) is 2. The first-order valence-corrected chi connectivity index (χ1v) is 9.11. The van der Waals surface area contributed by atoms with E-state index in [0.717, 1.165) is 0 Å². The second-order valence-corrected chi connectivity index (χ2v) is 12.4. The fourth-order valence-electron chi connectivity index (χ4n) is 3.34. The fraction of sp³-hybridized carbons (Fsp3) is 0.867. The first kappa shape index (κ1) is 16.2. The van der Waals surface area contributed by atoms with Crippen molar-refractivity contribution in [3.05, 3.63) is 12.2 Å². The zero-order valence-electron chi connectivity index (χ0n) is 13.7. The van der Waals surface area contributed by atoms with Gasteiger partial charge in [-0.25, -0.2) is 0 Å². The van der Waals surface area contributed by atoms with E-state index in [2.05, 4.69) is 47.6 Å². The highest BCUT2D eigenvalue weighted by atomic mass is 28.4. The lowest BCUT2D eigenvalue weighted by atomic mass is 10.1. The molecule has 0 amide bonds. The Hall–Kier alpha value is -0.203. The highest BCUT2D eigenvalue weighted by Gasteiger charge is 2.62. The van der Waals surface area contributed by atoms with Gasteiger partial charge < -0.3 is 18.3 Å². The second kappa shape index (κ2) is 5.21. The molecule has 0 aromatic heterocycles. The number of rotatable bonds is 1. The van der Waals surface area contributed by atoms with Crippen molar-refractivity contribution < 1.29 is 18.3 Å². The molecule has 0 N–H and O–H groups in total. The van der Waals surface area contributed by atoms with E-state index >= 15 is 0 Å². The van der Waals surface area contributed by atoms with E-state index in [1.807, 2.05) is 6.08 Å². The van der Waals surface area contributed by atoms with Crippen molar-refractivity contribution in [2.24, 2.45) is 0 Å². The van der Waals surface area contributed by atoms with Crippen LogP contribution in [0.1, 0.15) is 41.5 Å². The monoisotopic (exact) mass is 300 g/mol. The van der Waals surface area contributed by atoms with Crippen molar-refractivity contribution in [3.63, 3.8) is 0 Å². The predicted octanol–water partition coefficient (Wildman–Crippen LogP) is 3.37. The van der Waals surface area contributed by atoms with E-state index < -0.39 is 8.56 Å². The van der Waals surface area contributed by atoms with Crippen molar-refractivity contribution in [2.75, 3.05) is 13.7 Å². The van der Waals surface area contributed by atoms with Gasteiger partial charge in [-0.15, -0.1) is 0 Å². The van der Waals surface area contributed by atoms with Crippen LogP contribution < -0.4 is 0 Å². The molecule has 3 atom stereocenters. The average Bonchev–Trinajstić information content (AvgIpc) is 2.34. The quantitative estimate of drug-likeness (QED) is 0.549. The molecule has 2 rings (SSSR count). The zero-order chi connectivity index (χ0) is 15.2. The molecule has 1 fully saturated rings. The molecule has 5 heteroatoms. The molecule has 116 valence electrons.